The Balaban J connectivity index is 1.90. The molecular weight excluding hydrogens is 238 g/mol. The zero-order chi connectivity index (χ0) is 12.5. The first-order chi connectivity index (χ1) is 8.70. The van der Waals surface area contributed by atoms with Crippen LogP contribution in [0.25, 0.3) is 0 Å². The standard InChI is InChI=1S/C11H9N3O4/c15-9-4-10(16)14-11(13-9)12-6-1-2-7-8(3-6)18-5-17-7/h1-4H,5H2,(H3,12,13,14,15,16). The van der Waals surface area contributed by atoms with Crippen LogP contribution in [0.2, 0.25) is 0 Å². The van der Waals surface area contributed by atoms with Crippen molar-refractivity contribution in [1.82, 2.24) is 9.97 Å². The molecule has 2 aromatic rings. The number of aromatic amines is 1. The topological polar surface area (TPSA) is 96.5 Å². The number of nitrogens with one attached hydrogen (secondary N) is 2. The summed E-state index contributed by atoms with van der Waals surface area (Å²) in [5, 5.41) is 12.1. The van der Waals surface area contributed by atoms with Gasteiger partial charge >= 0.3 is 0 Å². The van der Waals surface area contributed by atoms with Gasteiger partial charge in [-0.05, 0) is 12.1 Å². The van der Waals surface area contributed by atoms with E-state index in [-0.39, 0.29) is 18.6 Å². The molecule has 0 radical (unpaired) electrons. The van der Waals surface area contributed by atoms with Gasteiger partial charge in [-0.1, -0.05) is 0 Å². The van der Waals surface area contributed by atoms with Gasteiger partial charge in [0.2, 0.25) is 18.6 Å². The lowest BCUT2D eigenvalue weighted by Gasteiger charge is -2.05. The van der Waals surface area contributed by atoms with Crippen LogP contribution in [0.5, 0.6) is 17.4 Å². The third-order valence-electron chi connectivity index (χ3n) is 2.36. The largest absolute Gasteiger partial charge is 0.493 e. The van der Waals surface area contributed by atoms with Crippen molar-refractivity contribution in [3.8, 4) is 17.4 Å². The van der Waals surface area contributed by atoms with E-state index in [2.05, 4.69) is 15.3 Å². The Bertz CT molecular complexity index is 653. The Morgan fingerprint density at radius 1 is 1.28 bits per heavy atom. The van der Waals surface area contributed by atoms with E-state index in [9.17, 15) is 9.90 Å². The molecule has 0 bridgehead atoms. The van der Waals surface area contributed by atoms with Crippen LogP contribution < -0.4 is 20.3 Å². The van der Waals surface area contributed by atoms with Crippen molar-refractivity contribution >= 4 is 11.6 Å². The summed E-state index contributed by atoms with van der Waals surface area (Å²) in [6.07, 6.45) is 0. The number of hydrogen-bond acceptors (Lipinski definition) is 6. The minimum Gasteiger partial charge on any atom is -0.493 e. The molecule has 1 aromatic heterocycles. The van der Waals surface area contributed by atoms with E-state index in [0.29, 0.717) is 17.2 Å². The molecule has 0 atom stereocenters. The number of anilines is 2. The molecule has 92 valence electrons. The Morgan fingerprint density at radius 3 is 2.94 bits per heavy atom. The third-order valence-corrected chi connectivity index (χ3v) is 2.36. The van der Waals surface area contributed by atoms with Crippen LogP contribution in [0.15, 0.2) is 29.1 Å². The van der Waals surface area contributed by atoms with Crippen LogP contribution in [-0.4, -0.2) is 21.9 Å². The van der Waals surface area contributed by atoms with Gasteiger partial charge in [0.15, 0.2) is 11.5 Å². The molecule has 18 heavy (non-hydrogen) atoms. The first-order valence-corrected chi connectivity index (χ1v) is 5.18. The normalized spacial score (nSPS) is 12.4. The van der Waals surface area contributed by atoms with E-state index in [0.717, 1.165) is 6.07 Å². The predicted molar refractivity (Wildman–Crippen MR) is 62.4 cm³/mol. The molecule has 3 N–H and O–H groups in total. The lowest BCUT2D eigenvalue weighted by atomic mass is 10.3. The SMILES string of the molecule is O=c1cc(O)nc(Nc2ccc3c(c2)OCO3)[nH]1. The fourth-order valence-corrected chi connectivity index (χ4v) is 1.62. The van der Waals surface area contributed by atoms with E-state index >= 15 is 0 Å². The highest BCUT2D eigenvalue weighted by Gasteiger charge is 2.13. The van der Waals surface area contributed by atoms with Crippen molar-refractivity contribution in [3.05, 3.63) is 34.6 Å². The van der Waals surface area contributed by atoms with Crippen molar-refractivity contribution in [2.75, 3.05) is 12.1 Å². The fraction of sp³-hybridized carbons (Fsp3) is 0.0909. The van der Waals surface area contributed by atoms with E-state index in [4.69, 9.17) is 9.47 Å². The van der Waals surface area contributed by atoms with Gasteiger partial charge in [0.05, 0.1) is 6.07 Å². The molecule has 1 aliphatic heterocycles. The van der Waals surface area contributed by atoms with Crippen molar-refractivity contribution in [2.45, 2.75) is 0 Å². The van der Waals surface area contributed by atoms with Crippen molar-refractivity contribution in [2.24, 2.45) is 0 Å². The predicted octanol–water partition coefficient (Wildman–Crippen LogP) is 0.948. The number of aromatic nitrogens is 2. The average Bonchev–Trinajstić information content (AvgIpc) is 2.74. The van der Waals surface area contributed by atoms with Crippen LogP contribution in [-0.2, 0) is 0 Å². The van der Waals surface area contributed by atoms with Gasteiger partial charge in [-0.3, -0.25) is 9.78 Å². The number of hydrogen-bond donors (Lipinski definition) is 3. The van der Waals surface area contributed by atoms with Gasteiger partial charge in [-0.15, -0.1) is 0 Å². The zero-order valence-electron chi connectivity index (χ0n) is 9.14. The van der Waals surface area contributed by atoms with Crippen LogP contribution in [0.4, 0.5) is 11.6 Å². The summed E-state index contributed by atoms with van der Waals surface area (Å²) in [6.45, 7) is 0.194. The van der Waals surface area contributed by atoms with Crippen molar-refractivity contribution in [3.63, 3.8) is 0 Å². The number of rotatable bonds is 2. The number of H-pyrrole nitrogens is 1. The number of fused-ring (bicyclic) bond motifs is 1. The molecule has 1 aromatic carbocycles. The number of benzene rings is 1. The second-order valence-corrected chi connectivity index (χ2v) is 3.65. The van der Waals surface area contributed by atoms with Gasteiger partial charge in [0.25, 0.3) is 5.56 Å². The molecule has 3 rings (SSSR count). The van der Waals surface area contributed by atoms with Crippen molar-refractivity contribution in [1.29, 1.82) is 0 Å². The summed E-state index contributed by atoms with van der Waals surface area (Å²) in [5.74, 6) is 1.08. The van der Waals surface area contributed by atoms with E-state index in [1.807, 2.05) is 0 Å². The first-order valence-electron chi connectivity index (χ1n) is 5.18. The molecule has 0 aliphatic carbocycles. The lowest BCUT2D eigenvalue weighted by molar-refractivity contribution is 0.174. The summed E-state index contributed by atoms with van der Waals surface area (Å²) in [5.41, 5.74) is 0.221. The molecule has 0 unspecified atom stereocenters. The van der Waals surface area contributed by atoms with Crippen LogP contribution >= 0.6 is 0 Å². The zero-order valence-corrected chi connectivity index (χ0v) is 9.14. The molecule has 7 heteroatoms. The van der Waals surface area contributed by atoms with E-state index in [1.54, 1.807) is 18.2 Å². The fourth-order valence-electron chi connectivity index (χ4n) is 1.62. The van der Waals surface area contributed by atoms with E-state index < -0.39 is 5.56 Å². The first kappa shape index (κ1) is 10.5. The maximum absolute atomic E-state index is 11.1. The molecule has 0 fully saturated rings. The molecule has 1 aliphatic rings. The minimum absolute atomic E-state index is 0.152. The highest BCUT2D eigenvalue weighted by Crippen LogP contribution is 2.34. The summed E-state index contributed by atoms with van der Waals surface area (Å²) in [4.78, 5) is 17.3. The van der Waals surface area contributed by atoms with Gasteiger partial charge in [-0.2, -0.15) is 4.98 Å². The Labute approximate surface area is 101 Å². The van der Waals surface area contributed by atoms with E-state index in [1.165, 1.54) is 0 Å². The molecule has 0 spiro atoms. The van der Waals surface area contributed by atoms with Crippen molar-refractivity contribution < 1.29 is 14.6 Å². The molecular formula is C11H9N3O4. The summed E-state index contributed by atoms with van der Waals surface area (Å²) < 4.78 is 10.4. The average molecular weight is 247 g/mol. The molecule has 0 saturated carbocycles. The minimum atomic E-state index is -0.439. The second-order valence-electron chi connectivity index (χ2n) is 3.65. The smallest absolute Gasteiger partial charge is 0.256 e. The van der Waals surface area contributed by atoms with Gasteiger partial charge in [-0.25, -0.2) is 0 Å². The number of aromatic hydroxyl groups is 1. The number of nitrogens with zero attached hydrogens (tertiary/aromatic N) is 1. The van der Waals surface area contributed by atoms with Gasteiger partial charge < -0.3 is 19.9 Å². The van der Waals surface area contributed by atoms with Crippen LogP contribution in [0.3, 0.4) is 0 Å². The highest BCUT2D eigenvalue weighted by atomic mass is 16.7. The monoisotopic (exact) mass is 247 g/mol. The molecule has 7 nitrogen and oxygen atoms in total. The maximum atomic E-state index is 11.1. The van der Waals surface area contributed by atoms with Gasteiger partial charge in [0, 0.05) is 11.8 Å². The Kier molecular flexibility index (Phi) is 2.30. The molecule has 0 amide bonds. The Morgan fingerprint density at radius 2 is 2.11 bits per heavy atom. The quantitative estimate of drug-likeness (QED) is 0.731. The van der Waals surface area contributed by atoms with Crippen LogP contribution in [0, 0.1) is 0 Å². The van der Waals surface area contributed by atoms with Crippen LogP contribution in [0.1, 0.15) is 0 Å². The number of ether oxygens (including phenoxy) is 2. The summed E-state index contributed by atoms with van der Waals surface area (Å²) in [6, 6.07) is 6.19. The summed E-state index contributed by atoms with van der Waals surface area (Å²) >= 11 is 0. The lowest BCUT2D eigenvalue weighted by Crippen LogP contribution is -2.08. The summed E-state index contributed by atoms with van der Waals surface area (Å²) in [7, 11) is 0. The Hall–Kier alpha value is -2.70. The highest BCUT2D eigenvalue weighted by molar-refractivity contribution is 5.60. The van der Waals surface area contributed by atoms with Gasteiger partial charge in [0.1, 0.15) is 0 Å². The molecule has 0 saturated heterocycles. The maximum Gasteiger partial charge on any atom is 0.256 e. The second kappa shape index (κ2) is 3.95. The molecule has 2 heterocycles. The third kappa shape index (κ3) is 1.93.